The maximum Gasteiger partial charge on any atom is 0.143 e. The topological polar surface area (TPSA) is 45.6 Å². The Morgan fingerprint density at radius 2 is 2.30 bits per heavy atom. The van der Waals surface area contributed by atoms with Crippen LogP contribution in [0.1, 0.15) is 24.8 Å². The molecule has 2 saturated heterocycles. The molecule has 2 fully saturated rings. The van der Waals surface area contributed by atoms with Crippen LogP contribution in [0, 0.1) is 12.8 Å². The van der Waals surface area contributed by atoms with Crippen molar-refractivity contribution in [3.63, 3.8) is 0 Å². The van der Waals surface area contributed by atoms with Crippen molar-refractivity contribution >= 4 is 21.7 Å². The molecule has 3 unspecified atom stereocenters. The van der Waals surface area contributed by atoms with Crippen LogP contribution in [-0.4, -0.2) is 42.0 Å². The normalized spacial score (nSPS) is 30.8. The van der Waals surface area contributed by atoms with Gasteiger partial charge in [-0.3, -0.25) is 0 Å². The van der Waals surface area contributed by atoms with Crippen molar-refractivity contribution in [2.75, 3.05) is 24.7 Å². The van der Waals surface area contributed by atoms with Crippen molar-refractivity contribution in [2.45, 2.75) is 38.3 Å². The molecule has 1 N–H and O–H groups in total. The van der Waals surface area contributed by atoms with Crippen LogP contribution in [0.2, 0.25) is 0 Å². The minimum Gasteiger partial charge on any atom is -0.393 e. The summed E-state index contributed by atoms with van der Waals surface area (Å²) in [6.07, 6.45) is 4.61. The summed E-state index contributed by atoms with van der Waals surface area (Å²) in [6.45, 7) is 4.42. The molecule has 110 valence electrons. The highest BCUT2D eigenvalue weighted by Crippen LogP contribution is 2.36. The Kier molecular flexibility index (Phi) is 4.29. The van der Waals surface area contributed by atoms with E-state index in [4.69, 9.17) is 4.74 Å². The smallest absolute Gasteiger partial charge is 0.143 e. The lowest BCUT2D eigenvalue weighted by molar-refractivity contribution is -0.0438. The van der Waals surface area contributed by atoms with Gasteiger partial charge in [-0.05, 0) is 53.7 Å². The summed E-state index contributed by atoms with van der Waals surface area (Å²) in [5, 5.41) is 10.3. The fourth-order valence-corrected chi connectivity index (χ4v) is 3.81. The van der Waals surface area contributed by atoms with Crippen molar-refractivity contribution in [2.24, 2.45) is 5.92 Å². The number of rotatable bonds is 2. The second-order valence-corrected chi connectivity index (χ2v) is 6.56. The van der Waals surface area contributed by atoms with Gasteiger partial charge in [0.1, 0.15) is 5.82 Å². The predicted octanol–water partition coefficient (Wildman–Crippen LogP) is 2.52. The molecule has 2 aliphatic rings. The van der Waals surface area contributed by atoms with Crippen LogP contribution in [0.15, 0.2) is 16.7 Å². The first-order valence-electron chi connectivity index (χ1n) is 7.32. The zero-order valence-electron chi connectivity index (χ0n) is 11.8. The van der Waals surface area contributed by atoms with Gasteiger partial charge in [-0.1, -0.05) is 0 Å². The first-order valence-corrected chi connectivity index (χ1v) is 8.11. The lowest BCUT2D eigenvalue weighted by atomic mass is 9.89. The minimum absolute atomic E-state index is 0.195. The molecule has 0 radical (unpaired) electrons. The maximum absolute atomic E-state index is 10.3. The van der Waals surface area contributed by atoms with Gasteiger partial charge in [-0.2, -0.15) is 0 Å². The van der Waals surface area contributed by atoms with Gasteiger partial charge < -0.3 is 14.7 Å². The number of anilines is 1. The molecule has 3 heterocycles. The highest BCUT2D eigenvalue weighted by Gasteiger charge is 2.38. The van der Waals surface area contributed by atoms with Crippen LogP contribution in [0.5, 0.6) is 0 Å². The predicted molar refractivity (Wildman–Crippen MR) is 82.0 cm³/mol. The third-order valence-electron chi connectivity index (χ3n) is 4.49. The molecule has 1 aromatic rings. The van der Waals surface area contributed by atoms with E-state index in [1.807, 2.05) is 12.3 Å². The molecule has 3 rings (SSSR count). The van der Waals surface area contributed by atoms with Crippen LogP contribution >= 0.6 is 15.9 Å². The zero-order valence-corrected chi connectivity index (χ0v) is 13.3. The number of pyridine rings is 1. The molecular weight excluding hydrogens is 320 g/mol. The number of hydrogen-bond donors (Lipinski definition) is 1. The van der Waals surface area contributed by atoms with E-state index in [-0.39, 0.29) is 12.0 Å². The van der Waals surface area contributed by atoms with E-state index in [0.29, 0.717) is 19.3 Å². The maximum atomic E-state index is 10.3. The Morgan fingerprint density at radius 3 is 3.10 bits per heavy atom. The summed E-state index contributed by atoms with van der Waals surface area (Å²) >= 11 is 3.66. The highest BCUT2D eigenvalue weighted by atomic mass is 79.9. The quantitative estimate of drug-likeness (QED) is 0.898. The molecule has 0 saturated carbocycles. The molecular formula is C15H21BrN2O2. The summed E-state index contributed by atoms with van der Waals surface area (Å²) in [5.41, 5.74) is 1.20. The van der Waals surface area contributed by atoms with E-state index in [9.17, 15) is 5.11 Å². The molecule has 0 spiro atoms. The van der Waals surface area contributed by atoms with Gasteiger partial charge in [-0.15, -0.1) is 0 Å². The number of aliphatic hydroxyl groups excluding tert-OH is 1. The monoisotopic (exact) mass is 340 g/mol. The molecule has 0 bridgehead atoms. The van der Waals surface area contributed by atoms with Crippen LogP contribution < -0.4 is 4.90 Å². The first kappa shape index (κ1) is 14.3. The van der Waals surface area contributed by atoms with Gasteiger partial charge in [0, 0.05) is 31.3 Å². The molecule has 20 heavy (non-hydrogen) atoms. The largest absolute Gasteiger partial charge is 0.393 e. The molecule has 5 heteroatoms. The van der Waals surface area contributed by atoms with Gasteiger partial charge in [0.2, 0.25) is 0 Å². The molecule has 3 atom stereocenters. The van der Waals surface area contributed by atoms with Crippen molar-refractivity contribution in [3.8, 4) is 0 Å². The fraction of sp³-hybridized carbons (Fsp3) is 0.667. The van der Waals surface area contributed by atoms with Crippen LogP contribution in [0.3, 0.4) is 0 Å². The van der Waals surface area contributed by atoms with E-state index in [0.717, 1.165) is 36.1 Å². The number of aromatic nitrogens is 1. The number of halogens is 1. The first-order chi connectivity index (χ1) is 9.68. The van der Waals surface area contributed by atoms with Crippen molar-refractivity contribution in [1.82, 2.24) is 4.98 Å². The summed E-state index contributed by atoms with van der Waals surface area (Å²) < 4.78 is 6.65. The minimum atomic E-state index is -0.252. The van der Waals surface area contributed by atoms with Gasteiger partial charge in [0.25, 0.3) is 0 Å². The third-order valence-corrected chi connectivity index (χ3v) is 5.47. The number of ether oxygens (including phenoxy) is 1. The number of nitrogens with zero attached hydrogens (tertiary/aromatic N) is 2. The van der Waals surface area contributed by atoms with E-state index in [2.05, 4.69) is 32.7 Å². The molecule has 0 aliphatic carbocycles. The lowest BCUT2D eigenvalue weighted by Gasteiger charge is -2.37. The lowest BCUT2D eigenvalue weighted by Crippen LogP contribution is -2.46. The van der Waals surface area contributed by atoms with E-state index >= 15 is 0 Å². The number of aliphatic hydroxyl groups is 1. The molecule has 2 aliphatic heterocycles. The summed E-state index contributed by atoms with van der Waals surface area (Å²) in [5.74, 6) is 1.20. The van der Waals surface area contributed by atoms with E-state index < -0.39 is 0 Å². The van der Waals surface area contributed by atoms with Gasteiger partial charge in [-0.25, -0.2) is 4.98 Å². The Hall–Kier alpha value is -0.650. The number of aryl methyl sites for hydroxylation is 1. The summed E-state index contributed by atoms with van der Waals surface area (Å²) in [7, 11) is 0. The van der Waals surface area contributed by atoms with Gasteiger partial charge in [0.05, 0.1) is 17.2 Å². The Labute approximate surface area is 128 Å². The summed E-state index contributed by atoms with van der Waals surface area (Å²) in [6, 6.07) is 2.34. The Morgan fingerprint density at radius 1 is 1.45 bits per heavy atom. The SMILES string of the molecule is Cc1ccnc(N2CCCC2C2COCCC2O)c1Br. The average Bonchev–Trinajstić information content (AvgIpc) is 2.91. The molecule has 0 amide bonds. The van der Waals surface area contributed by atoms with Crippen molar-refractivity contribution in [1.29, 1.82) is 0 Å². The molecule has 4 nitrogen and oxygen atoms in total. The number of hydrogen-bond acceptors (Lipinski definition) is 4. The average molecular weight is 341 g/mol. The molecule has 0 aromatic carbocycles. The zero-order chi connectivity index (χ0) is 14.1. The van der Waals surface area contributed by atoms with Gasteiger partial charge in [0.15, 0.2) is 0 Å². The Bertz CT molecular complexity index is 483. The Balaban J connectivity index is 1.86. The van der Waals surface area contributed by atoms with E-state index in [1.165, 1.54) is 5.56 Å². The second kappa shape index (κ2) is 6.00. The van der Waals surface area contributed by atoms with E-state index in [1.54, 1.807) is 0 Å². The van der Waals surface area contributed by atoms with Crippen molar-refractivity contribution < 1.29 is 9.84 Å². The fourth-order valence-electron chi connectivity index (χ4n) is 3.34. The van der Waals surface area contributed by atoms with Crippen LogP contribution in [0.4, 0.5) is 5.82 Å². The second-order valence-electron chi connectivity index (χ2n) is 5.76. The van der Waals surface area contributed by atoms with Crippen LogP contribution in [-0.2, 0) is 4.74 Å². The third kappa shape index (κ3) is 2.59. The summed E-state index contributed by atoms with van der Waals surface area (Å²) in [4.78, 5) is 6.89. The standard InChI is InChI=1S/C15H21BrN2O2/c1-10-4-6-17-15(14(10)16)18-7-2-3-12(18)11-9-20-8-5-13(11)19/h4,6,11-13,19H,2-3,5,7-9H2,1H3. The van der Waals surface area contributed by atoms with Crippen molar-refractivity contribution in [3.05, 3.63) is 22.3 Å². The molecule has 1 aromatic heterocycles. The van der Waals surface area contributed by atoms with Gasteiger partial charge >= 0.3 is 0 Å². The highest BCUT2D eigenvalue weighted by molar-refractivity contribution is 9.10. The van der Waals surface area contributed by atoms with Crippen LogP contribution in [0.25, 0.3) is 0 Å².